The topological polar surface area (TPSA) is 81.2 Å². The molecule has 1 heterocycles. The van der Waals surface area contributed by atoms with E-state index in [1.807, 2.05) is 32.0 Å². The van der Waals surface area contributed by atoms with E-state index in [2.05, 4.69) is 14.9 Å². The highest BCUT2D eigenvalue weighted by atomic mass is 32.2. The van der Waals surface area contributed by atoms with E-state index < -0.39 is 10.0 Å². The minimum absolute atomic E-state index is 0.238. The molecule has 0 aliphatic heterocycles. The summed E-state index contributed by atoms with van der Waals surface area (Å²) in [5.74, 6) is 0.490. The van der Waals surface area contributed by atoms with E-state index in [1.165, 1.54) is 0 Å². The van der Waals surface area contributed by atoms with E-state index in [0.29, 0.717) is 23.9 Å². The third kappa shape index (κ3) is 4.86. The first kappa shape index (κ1) is 19.8. The van der Waals surface area contributed by atoms with Gasteiger partial charge in [-0.05, 0) is 48.7 Å². The van der Waals surface area contributed by atoms with E-state index in [4.69, 9.17) is 4.74 Å². The van der Waals surface area contributed by atoms with Crippen LogP contribution in [0.25, 0.3) is 11.3 Å². The Balaban J connectivity index is 1.71. The Bertz CT molecular complexity index is 1000. The maximum atomic E-state index is 12.5. The van der Waals surface area contributed by atoms with Crippen molar-refractivity contribution >= 4 is 15.7 Å². The van der Waals surface area contributed by atoms with Crippen LogP contribution in [0.2, 0.25) is 0 Å². The molecule has 0 aliphatic rings. The molecule has 0 fully saturated rings. The van der Waals surface area contributed by atoms with Crippen LogP contribution in [0.4, 0.5) is 5.69 Å². The molecule has 0 radical (unpaired) electrons. The van der Waals surface area contributed by atoms with Crippen LogP contribution in [0, 0.1) is 0 Å². The van der Waals surface area contributed by atoms with Gasteiger partial charge in [0.15, 0.2) is 0 Å². The van der Waals surface area contributed by atoms with Gasteiger partial charge in [0.1, 0.15) is 0 Å². The van der Waals surface area contributed by atoms with Crippen molar-refractivity contribution in [2.24, 2.45) is 0 Å². The van der Waals surface area contributed by atoms with Gasteiger partial charge in [-0.1, -0.05) is 38.1 Å². The van der Waals surface area contributed by atoms with Gasteiger partial charge in [-0.15, -0.1) is 10.2 Å². The van der Waals surface area contributed by atoms with Crippen LogP contribution in [0.1, 0.15) is 25.8 Å². The third-order valence-corrected chi connectivity index (χ3v) is 5.57. The number of anilines is 1. The quantitative estimate of drug-likeness (QED) is 0.613. The fraction of sp³-hybridized carbons (Fsp3) is 0.238. The molecule has 1 N–H and O–H groups in total. The average molecular weight is 398 g/mol. The monoisotopic (exact) mass is 397 g/mol. The number of ether oxygens (including phenoxy) is 1. The first-order valence-electron chi connectivity index (χ1n) is 9.20. The van der Waals surface area contributed by atoms with Crippen LogP contribution in [0.3, 0.4) is 0 Å². The van der Waals surface area contributed by atoms with Crippen LogP contribution in [-0.4, -0.2) is 25.2 Å². The highest BCUT2D eigenvalue weighted by molar-refractivity contribution is 7.92. The molecule has 1 aromatic heterocycles. The van der Waals surface area contributed by atoms with Crippen LogP contribution in [-0.2, 0) is 16.4 Å². The summed E-state index contributed by atoms with van der Waals surface area (Å²) in [6.07, 6.45) is 1.77. The SMILES string of the molecule is CCCOc1ccc(-c2ccc(NS(=O)(=O)c3ccc(CC)cc3)cc2)nn1. The van der Waals surface area contributed by atoms with Crippen molar-refractivity contribution in [2.75, 3.05) is 11.3 Å². The van der Waals surface area contributed by atoms with Gasteiger partial charge < -0.3 is 4.74 Å². The van der Waals surface area contributed by atoms with Crippen molar-refractivity contribution in [2.45, 2.75) is 31.6 Å². The summed E-state index contributed by atoms with van der Waals surface area (Å²) in [6.45, 7) is 4.65. The average Bonchev–Trinajstić information content (AvgIpc) is 2.73. The Labute approximate surface area is 165 Å². The molecule has 0 bridgehead atoms. The third-order valence-electron chi connectivity index (χ3n) is 4.17. The maximum absolute atomic E-state index is 12.5. The number of benzene rings is 2. The normalized spacial score (nSPS) is 11.2. The molecular weight excluding hydrogens is 374 g/mol. The molecule has 2 aromatic carbocycles. The lowest BCUT2D eigenvalue weighted by atomic mass is 10.1. The second-order valence-corrected chi connectivity index (χ2v) is 7.97. The standard InChI is InChI=1S/C21H23N3O3S/c1-3-15-27-21-14-13-20(22-23-21)17-7-9-18(10-8-17)24-28(25,26)19-11-5-16(4-2)6-12-19/h5-14,24H,3-4,15H2,1-2H3. The van der Waals surface area contributed by atoms with Gasteiger partial charge in [-0.25, -0.2) is 8.42 Å². The number of rotatable bonds is 8. The van der Waals surface area contributed by atoms with Crippen LogP contribution < -0.4 is 9.46 Å². The minimum Gasteiger partial charge on any atom is -0.477 e. The summed E-state index contributed by atoms with van der Waals surface area (Å²) < 4.78 is 33.1. The number of nitrogens with zero attached hydrogens (tertiary/aromatic N) is 2. The summed E-state index contributed by atoms with van der Waals surface area (Å²) in [4.78, 5) is 0.238. The lowest BCUT2D eigenvalue weighted by Gasteiger charge is -2.09. The Morgan fingerprint density at radius 3 is 2.18 bits per heavy atom. The van der Waals surface area contributed by atoms with Crippen molar-refractivity contribution in [1.82, 2.24) is 10.2 Å². The molecule has 0 atom stereocenters. The highest BCUT2D eigenvalue weighted by Crippen LogP contribution is 2.22. The molecule has 6 nitrogen and oxygen atoms in total. The zero-order valence-corrected chi connectivity index (χ0v) is 16.7. The second-order valence-electron chi connectivity index (χ2n) is 6.29. The van der Waals surface area contributed by atoms with Crippen LogP contribution in [0.5, 0.6) is 5.88 Å². The molecule has 3 aromatic rings. The summed E-state index contributed by atoms with van der Waals surface area (Å²) in [5, 5.41) is 8.20. The van der Waals surface area contributed by atoms with E-state index in [-0.39, 0.29) is 4.90 Å². The lowest BCUT2D eigenvalue weighted by molar-refractivity contribution is 0.302. The van der Waals surface area contributed by atoms with Gasteiger partial charge in [-0.3, -0.25) is 4.72 Å². The second kappa shape index (κ2) is 8.84. The molecule has 0 unspecified atom stereocenters. The first-order chi connectivity index (χ1) is 13.5. The molecule has 0 spiro atoms. The fourth-order valence-corrected chi connectivity index (χ4v) is 3.64. The van der Waals surface area contributed by atoms with Gasteiger partial charge >= 0.3 is 0 Å². The molecule has 0 aliphatic carbocycles. The Morgan fingerprint density at radius 2 is 1.61 bits per heavy atom. The largest absolute Gasteiger partial charge is 0.477 e. The molecule has 7 heteroatoms. The predicted molar refractivity (Wildman–Crippen MR) is 110 cm³/mol. The minimum atomic E-state index is -3.62. The highest BCUT2D eigenvalue weighted by Gasteiger charge is 2.14. The summed E-state index contributed by atoms with van der Waals surface area (Å²) in [5.41, 5.74) is 3.10. The zero-order chi connectivity index (χ0) is 20.0. The van der Waals surface area contributed by atoms with Gasteiger partial charge in [0, 0.05) is 17.3 Å². The molecule has 146 valence electrons. The summed E-state index contributed by atoms with van der Waals surface area (Å²) in [7, 11) is -3.62. The molecule has 0 saturated heterocycles. The fourth-order valence-electron chi connectivity index (χ4n) is 2.59. The van der Waals surface area contributed by atoms with Gasteiger partial charge in [0.05, 0.1) is 17.2 Å². The number of hydrogen-bond donors (Lipinski definition) is 1. The predicted octanol–water partition coefficient (Wildman–Crippen LogP) is 4.30. The number of sulfonamides is 1. The Hall–Kier alpha value is -2.93. The summed E-state index contributed by atoms with van der Waals surface area (Å²) in [6, 6.07) is 17.5. The van der Waals surface area contributed by atoms with Gasteiger partial charge in [0.25, 0.3) is 10.0 Å². The van der Waals surface area contributed by atoms with E-state index in [9.17, 15) is 8.42 Å². The van der Waals surface area contributed by atoms with E-state index in [1.54, 1.807) is 42.5 Å². The van der Waals surface area contributed by atoms with Crippen LogP contribution in [0.15, 0.2) is 65.6 Å². The molecule has 0 amide bonds. The molecule has 0 saturated carbocycles. The van der Waals surface area contributed by atoms with Gasteiger partial charge in [-0.2, -0.15) is 0 Å². The van der Waals surface area contributed by atoms with E-state index in [0.717, 1.165) is 24.0 Å². The van der Waals surface area contributed by atoms with E-state index >= 15 is 0 Å². The first-order valence-corrected chi connectivity index (χ1v) is 10.7. The van der Waals surface area contributed by atoms with Crippen molar-refractivity contribution in [3.63, 3.8) is 0 Å². The number of nitrogens with one attached hydrogen (secondary N) is 1. The summed E-state index contributed by atoms with van der Waals surface area (Å²) >= 11 is 0. The van der Waals surface area contributed by atoms with Crippen molar-refractivity contribution in [3.8, 4) is 17.1 Å². The van der Waals surface area contributed by atoms with Crippen molar-refractivity contribution in [1.29, 1.82) is 0 Å². The van der Waals surface area contributed by atoms with Gasteiger partial charge in [0.2, 0.25) is 5.88 Å². The van der Waals surface area contributed by atoms with Crippen molar-refractivity contribution < 1.29 is 13.2 Å². The molecular formula is C21H23N3O3S. The number of aryl methyl sites for hydroxylation is 1. The van der Waals surface area contributed by atoms with Crippen molar-refractivity contribution in [3.05, 3.63) is 66.2 Å². The number of hydrogen-bond acceptors (Lipinski definition) is 5. The lowest BCUT2D eigenvalue weighted by Crippen LogP contribution is -2.12. The zero-order valence-electron chi connectivity index (χ0n) is 15.9. The van der Waals surface area contributed by atoms with Crippen LogP contribution >= 0.6 is 0 Å². The molecule has 28 heavy (non-hydrogen) atoms. The Morgan fingerprint density at radius 1 is 0.893 bits per heavy atom. The molecule has 3 rings (SSSR count). The number of aromatic nitrogens is 2. The smallest absolute Gasteiger partial charge is 0.261 e. The Kier molecular flexibility index (Phi) is 6.26. The maximum Gasteiger partial charge on any atom is 0.261 e.